The van der Waals surface area contributed by atoms with Gasteiger partial charge in [-0.2, -0.15) is 0 Å². The van der Waals surface area contributed by atoms with E-state index in [-0.39, 0.29) is 18.2 Å². The first-order valence-electron chi connectivity index (χ1n) is 12.9. The fraction of sp³-hybridized carbons (Fsp3) is 0.960. The predicted octanol–water partition coefficient (Wildman–Crippen LogP) is 8.08. The van der Waals surface area contributed by atoms with E-state index in [9.17, 15) is 4.79 Å². The SMILES string of the molecule is CCCCCCC(O[Si](C)(C)C)C(CCCCCCCCCC(=O)OC)O[Si](C)(C)C. The normalized spacial score (nSPS) is 14.5. The van der Waals surface area contributed by atoms with Gasteiger partial charge in [0.05, 0.1) is 19.3 Å². The van der Waals surface area contributed by atoms with Crippen molar-refractivity contribution in [1.82, 2.24) is 0 Å². The summed E-state index contributed by atoms with van der Waals surface area (Å²) in [6.45, 7) is 16.1. The second-order valence-corrected chi connectivity index (χ2v) is 19.9. The summed E-state index contributed by atoms with van der Waals surface area (Å²) in [5.74, 6) is -0.0850. The van der Waals surface area contributed by atoms with Crippen LogP contribution in [0.4, 0.5) is 0 Å². The number of methoxy groups -OCH3 is 1. The molecule has 0 aromatic rings. The molecule has 0 aliphatic carbocycles. The molecule has 0 aliphatic rings. The molecular weight excluding hydrogens is 420 g/mol. The third-order valence-corrected chi connectivity index (χ3v) is 7.38. The van der Waals surface area contributed by atoms with Gasteiger partial charge in [0.1, 0.15) is 0 Å². The Morgan fingerprint density at radius 2 is 1.03 bits per heavy atom. The molecule has 0 N–H and O–H groups in total. The Balaban J connectivity index is 4.50. The Kier molecular flexibility index (Phi) is 17.2. The van der Waals surface area contributed by atoms with Crippen LogP contribution in [0.3, 0.4) is 0 Å². The maximum Gasteiger partial charge on any atom is 0.305 e. The van der Waals surface area contributed by atoms with E-state index in [0.29, 0.717) is 6.42 Å². The van der Waals surface area contributed by atoms with Crippen LogP contribution in [0.15, 0.2) is 0 Å². The first kappa shape index (κ1) is 30.8. The molecule has 0 rings (SSSR count). The van der Waals surface area contributed by atoms with Gasteiger partial charge in [0.2, 0.25) is 0 Å². The number of carbonyl (C=O) groups is 1. The molecule has 186 valence electrons. The average Bonchev–Trinajstić information content (AvgIpc) is 2.66. The van der Waals surface area contributed by atoms with E-state index >= 15 is 0 Å². The van der Waals surface area contributed by atoms with Crippen molar-refractivity contribution in [3.8, 4) is 0 Å². The van der Waals surface area contributed by atoms with Gasteiger partial charge in [0.25, 0.3) is 0 Å². The van der Waals surface area contributed by atoms with Crippen molar-refractivity contribution in [3.05, 3.63) is 0 Å². The molecule has 0 radical (unpaired) electrons. The van der Waals surface area contributed by atoms with E-state index in [1.54, 1.807) is 0 Å². The molecule has 0 aliphatic heterocycles. The van der Waals surface area contributed by atoms with Crippen molar-refractivity contribution in [2.45, 2.75) is 148 Å². The summed E-state index contributed by atoms with van der Waals surface area (Å²) in [5, 5.41) is 0. The minimum absolute atomic E-state index is 0.0850. The molecule has 2 atom stereocenters. The van der Waals surface area contributed by atoms with Crippen LogP contribution in [0.2, 0.25) is 39.3 Å². The Hall–Kier alpha value is -0.176. The summed E-state index contributed by atoms with van der Waals surface area (Å²) in [6, 6.07) is 0. The number of esters is 1. The third-order valence-electron chi connectivity index (χ3n) is 5.36. The van der Waals surface area contributed by atoms with Crippen molar-refractivity contribution in [3.63, 3.8) is 0 Å². The first-order valence-corrected chi connectivity index (χ1v) is 19.7. The van der Waals surface area contributed by atoms with E-state index in [0.717, 1.165) is 25.7 Å². The highest BCUT2D eigenvalue weighted by Crippen LogP contribution is 2.25. The highest BCUT2D eigenvalue weighted by Gasteiger charge is 2.31. The Bertz CT molecular complexity index is 444. The van der Waals surface area contributed by atoms with Crippen LogP contribution in [0, 0.1) is 0 Å². The quantitative estimate of drug-likeness (QED) is 0.102. The number of hydrogen-bond donors (Lipinski definition) is 0. The molecule has 0 aromatic carbocycles. The predicted molar refractivity (Wildman–Crippen MR) is 139 cm³/mol. The molecule has 0 aromatic heterocycles. The highest BCUT2D eigenvalue weighted by atomic mass is 28.4. The lowest BCUT2D eigenvalue weighted by Gasteiger charge is -2.36. The lowest BCUT2D eigenvalue weighted by molar-refractivity contribution is -0.140. The minimum atomic E-state index is -1.62. The topological polar surface area (TPSA) is 44.8 Å². The molecule has 0 saturated carbocycles. The van der Waals surface area contributed by atoms with Crippen molar-refractivity contribution in [2.24, 2.45) is 0 Å². The van der Waals surface area contributed by atoms with E-state index in [1.807, 2.05) is 0 Å². The van der Waals surface area contributed by atoms with E-state index in [2.05, 4.69) is 46.2 Å². The summed E-state index contributed by atoms with van der Waals surface area (Å²) in [5.41, 5.74) is 0. The van der Waals surface area contributed by atoms with Gasteiger partial charge in [-0.05, 0) is 58.5 Å². The summed E-state index contributed by atoms with van der Waals surface area (Å²) in [7, 11) is -1.76. The van der Waals surface area contributed by atoms with E-state index in [1.165, 1.54) is 64.9 Å². The number of hydrogen-bond acceptors (Lipinski definition) is 4. The van der Waals surface area contributed by atoms with Crippen LogP contribution in [0.25, 0.3) is 0 Å². The lowest BCUT2D eigenvalue weighted by atomic mass is 10.00. The highest BCUT2D eigenvalue weighted by molar-refractivity contribution is 6.70. The maximum atomic E-state index is 11.1. The Morgan fingerprint density at radius 1 is 0.645 bits per heavy atom. The van der Waals surface area contributed by atoms with Crippen molar-refractivity contribution < 1.29 is 18.4 Å². The number of ether oxygens (including phenoxy) is 1. The standard InChI is InChI=1S/C25H54O4Si2/c1-9-10-11-17-20-23(28-30(3,4)5)24(29-31(6,7)8)21-18-15-13-12-14-16-19-22-25(26)27-2/h23-24H,9-22H2,1-8H3. The Morgan fingerprint density at radius 3 is 1.42 bits per heavy atom. The van der Waals surface area contributed by atoms with Gasteiger partial charge in [-0.1, -0.05) is 71.1 Å². The lowest BCUT2D eigenvalue weighted by Crippen LogP contribution is -2.44. The number of unbranched alkanes of at least 4 members (excludes halogenated alkanes) is 9. The van der Waals surface area contributed by atoms with Crippen LogP contribution in [-0.4, -0.2) is 41.9 Å². The molecular formula is C25H54O4Si2. The van der Waals surface area contributed by atoms with Gasteiger partial charge in [-0.15, -0.1) is 0 Å². The van der Waals surface area contributed by atoms with Gasteiger partial charge in [0, 0.05) is 6.42 Å². The maximum absolute atomic E-state index is 11.1. The van der Waals surface area contributed by atoms with Gasteiger partial charge >= 0.3 is 5.97 Å². The molecule has 0 spiro atoms. The largest absolute Gasteiger partial charge is 0.469 e. The van der Waals surface area contributed by atoms with Gasteiger partial charge < -0.3 is 13.6 Å². The second-order valence-electron chi connectivity index (χ2n) is 11.0. The zero-order chi connectivity index (χ0) is 23.8. The summed E-state index contributed by atoms with van der Waals surface area (Å²) in [4.78, 5) is 11.1. The number of rotatable bonds is 20. The summed E-state index contributed by atoms with van der Waals surface area (Å²) in [6.07, 6.45) is 16.8. The zero-order valence-corrected chi connectivity index (χ0v) is 24.2. The average molecular weight is 475 g/mol. The first-order chi connectivity index (χ1) is 14.5. The fourth-order valence-electron chi connectivity index (χ4n) is 3.92. The van der Waals surface area contributed by atoms with E-state index in [4.69, 9.17) is 13.6 Å². The zero-order valence-electron chi connectivity index (χ0n) is 22.2. The minimum Gasteiger partial charge on any atom is -0.469 e. The van der Waals surface area contributed by atoms with Crippen LogP contribution in [-0.2, 0) is 18.4 Å². The molecule has 4 nitrogen and oxygen atoms in total. The fourth-order valence-corrected chi connectivity index (χ4v) is 6.28. The van der Waals surface area contributed by atoms with Crippen LogP contribution >= 0.6 is 0 Å². The number of carbonyl (C=O) groups excluding carboxylic acids is 1. The van der Waals surface area contributed by atoms with Crippen molar-refractivity contribution in [2.75, 3.05) is 7.11 Å². The van der Waals surface area contributed by atoms with Gasteiger partial charge in [-0.3, -0.25) is 4.79 Å². The van der Waals surface area contributed by atoms with Gasteiger partial charge in [-0.25, -0.2) is 0 Å². The monoisotopic (exact) mass is 474 g/mol. The van der Waals surface area contributed by atoms with Crippen molar-refractivity contribution >= 4 is 22.6 Å². The Labute approximate surface area is 196 Å². The molecule has 31 heavy (non-hydrogen) atoms. The van der Waals surface area contributed by atoms with Crippen molar-refractivity contribution in [1.29, 1.82) is 0 Å². The third kappa shape index (κ3) is 20.2. The molecule has 0 amide bonds. The van der Waals surface area contributed by atoms with Crippen LogP contribution < -0.4 is 0 Å². The molecule has 0 bridgehead atoms. The smallest absolute Gasteiger partial charge is 0.305 e. The summed E-state index contributed by atoms with van der Waals surface area (Å²) >= 11 is 0. The molecule has 0 saturated heterocycles. The van der Waals surface area contributed by atoms with Gasteiger partial charge in [0.15, 0.2) is 16.6 Å². The second kappa shape index (κ2) is 17.3. The molecule has 0 heterocycles. The van der Waals surface area contributed by atoms with E-state index < -0.39 is 16.6 Å². The van der Waals surface area contributed by atoms with Crippen LogP contribution in [0.5, 0.6) is 0 Å². The summed E-state index contributed by atoms with van der Waals surface area (Å²) < 4.78 is 18.1. The molecule has 2 unspecified atom stereocenters. The van der Waals surface area contributed by atoms with Crippen LogP contribution in [0.1, 0.15) is 96.8 Å². The molecule has 6 heteroatoms. The molecule has 0 fully saturated rings.